The summed E-state index contributed by atoms with van der Waals surface area (Å²) in [6.45, 7) is 3.25. The Morgan fingerprint density at radius 1 is 1.03 bits per heavy atom. The van der Waals surface area contributed by atoms with Gasteiger partial charge in [0.1, 0.15) is 5.78 Å². The highest BCUT2D eigenvalue weighted by Crippen LogP contribution is 2.52. The molecular formula is C23H38N2O6. The van der Waals surface area contributed by atoms with Crippen LogP contribution in [0.5, 0.6) is 0 Å². The van der Waals surface area contributed by atoms with Crippen molar-refractivity contribution in [3.05, 3.63) is 0 Å². The van der Waals surface area contributed by atoms with E-state index in [0.29, 0.717) is 32.5 Å². The van der Waals surface area contributed by atoms with Crippen LogP contribution in [0, 0.1) is 17.3 Å². The van der Waals surface area contributed by atoms with Gasteiger partial charge >= 0.3 is 12.1 Å². The lowest BCUT2D eigenvalue weighted by Gasteiger charge is -2.49. The zero-order valence-corrected chi connectivity index (χ0v) is 19.0. The van der Waals surface area contributed by atoms with Crippen molar-refractivity contribution >= 4 is 23.8 Å². The Hall–Kier alpha value is -2.12. The van der Waals surface area contributed by atoms with E-state index in [-0.39, 0.29) is 30.0 Å². The van der Waals surface area contributed by atoms with Gasteiger partial charge in [0.2, 0.25) is 5.91 Å². The van der Waals surface area contributed by atoms with Gasteiger partial charge in [-0.25, -0.2) is 4.79 Å². The second-order valence-corrected chi connectivity index (χ2v) is 8.68. The largest absolute Gasteiger partial charge is 0.466 e. The number of hydrogen-bond acceptors (Lipinski definition) is 6. The van der Waals surface area contributed by atoms with Gasteiger partial charge in [0, 0.05) is 25.4 Å². The smallest absolute Gasteiger partial charge is 0.406 e. The fourth-order valence-corrected chi connectivity index (χ4v) is 5.21. The third-order valence-corrected chi connectivity index (χ3v) is 6.80. The van der Waals surface area contributed by atoms with Crippen molar-refractivity contribution in [3.8, 4) is 0 Å². The number of alkyl carbamates (subject to hydrolysis) is 1. The monoisotopic (exact) mass is 438 g/mol. The average molecular weight is 439 g/mol. The zero-order chi connectivity index (χ0) is 22.7. The number of ether oxygens (including phenoxy) is 2. The van der Waals surface area contributed by atoms with E-state index in [0.717, 1.165) is 51.4 Å². The summed E-state index contributed by atoms with van der Waals surface area (Å²) in [5.41, 5.74) is -0.534. The quantitative estimate of drug-likeness (QED) is 0.379. The van der Waals surface area contributed by atoms with Crippen LogP contribution >= 0.6 is 0 Å². The van der Waals surface area contributed by atoms with Crippen LogP contribution in [0.1, 0.15) is 77.6 Å². The van der Waals surface area contributed by atoms with Crippen LogP contribution in [0.4, 0.5) is 4.79 Å². The van der Waals surface area contributed by atoms with E-state index < -0.39 is 17.4 Å². The maximum Gasteiger partial charge on any atom is 0.406 e. The molecular weight excluding hydrogens is 400 g/mol. The number of methoxy groups -OCH3 is 1. The molecule has 2 amide bonds. The highest BCUT2D eigenvalue weighted by Gasteiger charge is 2.54. The molecule has 0 aromatic heterocycles. The Morgan fingerprint density at radius 3 is 2.42 bits per heavy atom. The van der Waals surface area contributed by atoms with E-state index in [4.69, 9.17) is 4.74 Å². The van der Waals surface area contributed by atoms with Gasteiger partial charge in [-0.3, -0.25) is 14.4 Å². The van der Waals surface area contributed by atoms with Crippen molar-refractivity contribution < 1.29 is 28.7 Å². The lowest BCUT2D eigenvalue weighted by Crippen LogP contribution is -2.54. The van der Waals surface area contributed by atoms with Gasteiger partial charge in [-0.15, -0.1) is 0 Å². The zero-order valence-electron chi connectivity index (χ0n) is 19.0. The number of carbonyl (C=O) groups excluding carboxylic acids is 4. The van der Waals surface area contributed by atoms with Crippen molar-refractivity contribution in [1.82, 2.24) is 10.6 Å². The summed E-state index contributed by atoms with van der Waals surface area (Å²) in [5.74, 6) is -0.670. The Bertz CT molecular complexity index is 638. The van der Waals surface area contributed by atoms with Crippen LogP contribution in [0.25, 0.3) is 0 Å². The van der Waals surface area contributed by atoms with Gasteiger partial charge in [0.15, 0.2) is 0 Å². The van der Waals surface area contributed by atoms with Crippen LogP contribution < -0.4 is 10.6 Å². The number of ketones is 1. The predicted octanol–water partition coefficient (Wildman–Crippen LogP) is 3.13. The molecule has 0 aromatic carbocycles. The maximum atomic E-state index is 13.3. The minimum Gasteiger partial charge on any atom is -0.466 e. The Morgan fingerprint density at radius 2 is 1.74 bits per heavy atom. The lowest BCUT2D eigenvalue weighted by atomic mass is 9.54. The first kappa shape index (κ1) is 25.1. The van der Waals surface area contributed by atoms with Gasteiger partial charge in [-0.1, -0.05) is 25.7 Å². The van der Waals surface area contributed by atoms with Crippen molar-refractivity contribution in [1.29, 1.82) is 0 Å². The van der Waals surface area contributed by atoms with Gasteiger partial charge in [0.05, 0.1) is 25.6 Å². The minimum atomic E-state index is -0.534. The van der Waals surface area contributed by atoms with Crippen LogP contribution in [0.15, 0.2) is 0 Å². The number of carbonyl (C=O) groups is 4. The number of nitrogens with one attached hydrogen (secondary N) is 2. The molecule has 2 aliphatic rings. The van der Waals surface area contributed by atoms with E-state index in [2.05, 4.69) is 15.4 Å². The second kappa shape index (κ2) is 12.7. The number of esters is 1. The van der Waals surface area contributed by atoms with Crippen LogP contribution in [-0.2, 0) is 23.9 Å². The first-order chi connectivity index (χ1) is 14.9. The highest BCUT2D eigenvalue weighted by atomic mass is 16.5. The summed E-state index contributed by atoms with van der Waals surface area (Å²) in [6.07, 6.45) is 7.86. The molecule has 3 atom stereocenters. The Kier molecular flexibility index (Phi) is 10.3. The Labute approximate surface area is 185 Å². The number of unbranched alkanes of at least 4 members (excludes halogenated alkanes) is 3. The van der Waals surface area contributed by atoms with E-state index in [9.17, 15) is 19.2 Å². The summed E-state index contributed by atoms with van der Waals surface area (Å²) in [7, 11) is 1.34. The Balaban J connectivity index is 1.84. The summed E-state index contributed by atoms with van der Waals surface area (Å²) in [6, 6.07) is 0. The van der Waals surface area contributed by atoms with Gasteiger partial charge in [-0.2, -0.15) is 0 Å². The normalized spacial score (nSPS) is 25.3. The standard InChI is InChI=1S/C23H38N2O6/c1-3-31-20(27)16-17-18-10-6-7-12-23(18,13-11-19(17)26)21(28)24-14-8-4-5-9-15-25-22(29)30-2/h17-18H,3-16H2,1-2H3,(H,24,28)(H,25,29)/t17-,18-,23+/m1/s1. The molecule has 2 saturated carbocycles. The SMILES string of the molecule is CCOC(=O)C[C@H]1C(=O)CC[C@@]2(C(=O)NCCCCCCNC(=O)OC)CCCC[C@H]12. The van der Waals surface area contributed by atoms with Crippen molar-refractivity contribution in [2.45, 2.75) is 77.6 Å². The van der Waals surface area contributed by atoms with Gasteiger partial charge in [0.25, 0.3) is 0 Å². The van der Waals surface area contributed by atoms with E-state index in [1.54, 1.807) is 6.92 Å². The molecule has 0 unspecified atom stereocenters. The van der Waals surface area contributed by atoms with Crippen molar-refractivity contribution in [3.63, 3.8) is 0 Å². The number of fused-ring (bicyclic) bond motifs is 1. The molecule has 0 heterocycles. The molecule has 31 heavy (non-hydrogen) atoms. The van der Waals surface area contributed by atoms with Crippen LogP contribution in [0.2, 0.25) is 0 Å². The number of Topliss-reactive ketones (excluding diaryl/α,β-unsaturated/α-hetero) is 1. The summed E-state index contributed by atoms with van der Waals surface area (Å²) in [5, 5.41) is 5.77. The van der Waals surface area contributed by atoms with Crippen LogP contribution in [-0.4, -0.2) is 50.6 Å². The van der Waals surface area contributed by atoms with E-state index in [1.807, 2.05) is 0 Å². The first-order valence-corrected chi connectivity index (χ1v) is 11.7. The maximum absolute atomic E-state index is 13.3. The van der Waals surface area contributed by atoms with Crippen LogP contribution in [0.3, 0.4) is 0 Å². The summed E-state index contributed by atoms with van der Waals surface area (Å²) >= 11 is 0. The number of rotatable bonds is 11. The highest BCUT2D eigenvalue weighted by molar-refractivity contribution is 5.91. The fourth-order valence-electron chi connectivity index (χ4n) is 5.21. The van der Waals surface area contributed by atoms with Gasteiger partial charge in [-0.05, 0) is 44.9 Å². The molecule has 0 aliphatic heterocycles. The number of amides is 2. The average Bonchev–Trinajstić information content (AvgIpc) is 2.77. The van der Waals surface area contributed by atoms with Crippen molar-refractivity contribution in [2.24, 2.45) is 17.3 Å². The van der Waals surface area contributed by atoms with Gasteiger partial charge < -0.3 is 20.1 Å². The molecule has 176 valence electrons. The minimum absolute atomic E-state index is 0.0471. The molecule has 2 N–H and O–H groups in total. The molecule has 8 heteroatoms. The molecule has 0 radical (unpaired) electrons. The molecule has 2 fully saturated rings. The molecule has 2 aliphatic carbocycles. The lowest BCUT2D eigenvalue weighted by molar-refractivity contribution is -0.156. The third kappa shape index (κ3) is 6.94. The first-order valence-electron chi connectivity index (χ1n) is 11.7. The fraction of sp³-hybridized carbons (Fsp3) is 0.826. The topological polar surface area (TPSA) is 111 Å². The molecule has 0 saturated heterocycles. The summed E-state index contributed by atoms with van der Waals surface area (Å²) < 4.78 is 9.61. The third-order valence-electron chi connectivity index (χ3n) is 6.80. The predicted molar refractivity (Wildman–Crippen MR) is 115 cm³/mol. The van der Waals surface area contributed by atoms with E-state index in [1.165, 1.54) is 7.11 Å². The number of hydrogen-bond donors (Lipinski definition) is 2. The molecule has 0 bridgehead atoms. The molecule has 0 spiro atoms. The molecule has 0 aromatic rings. The molecule has 8 nitrogen and oxygen atoms in total. The van der Waals surface area contributed by atoms with E-state index >= 15 is 0 Å². The second-order valence-electron chi connectivity index (χ2n) is 8.68. The van der Waals surface area contributed by atoms with Crippen molar-refractivity contribution in [2.75, 3.05) is 26.8 Å². The summed E-state index contributed by atoms with van der Waals surface area (Å²) in [4.78, 5) is 49.0. The molecule has 2 rings (SSSR count).